The SMILES string of the molecule is Cc1cccc(CCCN2CCN(C(=O)C3CC3)CC2)c1. The van der Waals surface area contributed by atoms with Gasteiger partial charge in [-0.3, -0.25) is 9.69 Å². The van der Waals surface area contributed by atoms with Gasteiger partial charge in [-0.25, -0.2) is 0 Å². The fraction of sp³-hybridized carbons (Fsp3) is 0.611. The number of benzene rings is 1. The van der Waals surface area contributed by atoms with E-state index in [1.807, 2.05) is 0 Å². The number of aryl methyl sites for hydroxylation is 2. The summed E-state index contributed by atoms with van der Waals surface area (Å²) < 4.78 is 0. The van der Waals surface area contributed by atoms with Crippen LogP contribution in [0.3, 0.4) is 0 Å². The van der Waals surface area contributed by atoms with Crippen LogP contribution in [0.5, 0.6) is 0 Å². The van der Waals surface area contributed by atoms with E-state index in [9.17, 15) is 4.79 Å². The first-order valence-corrected chi connectivity index (χ1v) is 8.29. The number of carbonyl (C=O) groups is 1. The van der Waals surface area contributed by atoms with Crippen molar-refractivity contribution in [2.75, 3.05) is 32.7 Å². The zero-order valence-corrected chi connectivity index (χ0v) is 13.1. The molecule has 1 aliphatic heterocycles. The summed E-state index contributed by atoms with van der Waals surface area (Å²) in [4.78, 5) is 16.6. The van der Waals surface area contributed by atoms with Crippen molar-refractivity contribution < 1.29 is 4.79 Å². The second-order valence-electron chi connectivity index (χ2n) is 6.53. The van der Waals surface area contributed by atoms with E-state index >= 15 is 0 Å². The van der Waals surface area contributed by atoms with Crippen LogP contribution < -0.4 is 0 Å². The highest BCUT2D eigenvalue weighted by Gasteiger charge is 2.34. The third-order valence-corrected chi connectivity index (χ3v) is 4.63. The molecule has 114 valence electrons. The van der Waals surface area contributed by atoms with Gasteiger partial charge in [-0.2, -0.15) is 0 Å². The molecule has 1 aromatic rings. The van der Waals surface area contributed by atoms with Gasteiger partial charge in [-0.15, -0.1) is 0 Å². The minimum absolute atomic E-state index is 0.373. The first-order valence-electron chi connectivity index (χ1n) is 8.29. The highest BCUT2D eigenvalue weighted by molar-refractivity contribution is 5.81. The van der Waals surface area contributed by atoms with Gasteiger partial charge in [0.1, 0.15) is 0 Å². The number of hydrogen-bond donors (Lipinski definition) is 0. The predicted octanol–water partition coefficient (Wildman–Crippen LogP) is 2.48. The van der Waals surface area contributed by atoms with Gasteiger partial charge in [-0.05, 0) is 44.7 Å². The van der Waals surface area contributed by atoms with Crippen LogP contribution in [0.15, 0.2) is 24.3 Å². The molecule has 3 nitrogen and oxygen atoms in total. The molecular weight excluding hydrogens is 260 g/mol. The van der Waals surface area contributed by atoms with E-state index < -0.39 is 0 Å². The highest BCUT2D eigenvalue weighted by atomic mass is 16.2. The van der Waals surface area contributed by atoms with Crippen molar-refractivity contribution >= 4 is 5.91 Å². The Morgan fingerprint density at radius 3 is 2.62 bits per heavy atom. The van der Waals surface area contributed by atoms with Gasteiger partial charge < -0.3 is 4.90 Å². The average Bonchev–Trinajstić information content (AvgIpc) is 3.32. The first-order chi connectivity index (χ1) is 10.2. The lowest BCUT2D eigenvalue weighted by molar-refractivity contribution is -0.134. The predicted molar refractivity (Wildman–Crippen MR) is 85.2 cm³/mol. The van der Waals surface area contributed by atoms with Gasteiger partial charge in [-0.1, -0.05) is 29.8 Å². The molecule has 0 N–H and O–H groups in total. The zero-order valence-electron chi connectivity index (χ0n) is 13.1. The third-order valence-electron chi connectivity index (χ3n) is 4.63. The number of hydrogen-bond acceptors (Lipinski definition) is 2. The minimum atomic E-state index is 0.373. The van der Waals surface area contributed by atoms with Crippen LogP contribution >= 0.6 is 0 Å². The maximum atomic E-state index is 12.0. The topological polar surface area (TPSA) is 23.6 Å². The van der Waals surface area contributed by atoms with E-state index in [0.717, 1.165) is 52.0 Å². The number of nitrogens with zero attached hydrogens (tertiary/aromatic N) is 2. The second-order valence-corrected chi connectivity index (χ2v) is 6.53. The molecule has 21 heavy (non-hydrogen) atoms. The summed E-state index contributed by atoms with van der Waals surface area (Å²) in [5.41, 5.74) is 2.79. The summed E-state index contributed by atoms with van der Waals surface area (Å²) in [6.07, 6.45) is 4.61. The Balaban J connectivity index is 1.36. The lowest BCUT2D eigenvalue weighted by Gasteiger charge is -2.34. The zero-order chi connectivity index (χ0) is 14.7. The smallest absolute Gasteiger partial charge is 0.225 e. The summed E-state index contributed by atoms with van der Waals surface area (Å²) >= 11 is 0. The Bertz CT molecular complexity index is 488. The van der Waals surface area contributed by atoms with Crippen LogP contribution in [-0.2, 0) is 11.2 Å². The van der Waals surface area contributed by atoms with Crippen LogP contribution in [0, 0.1) is 12.8 Å². The van der Waals surface area contributed by atoms with E-state index in [-0.39, 0.29) is 0 Å². The van der Waals surface area contributed by atoms with Gasteiger partial charge in [0.25, 0.3) is 0 Å². The first kappa shape index (κ1) is 14.6. The largest absolute Gasteiger partial charge is 0.340 e. The van der Waals surface area contributed by atoms with Crippen molar-refractivity contribution in [1.29, 1.82) is 0 Å². The molecule has 1 saturated carbocycles. The summed E-state index contributed by atoms with van der Waals surface area (Å²) in [5.74, 6) is 0.785. The van der Waals surface area contributed by atoms with Gasteiger partial charge in [0.2, 0.25) is 5.91 Å². The van der Waals surface area contributed by atoms with Crippen LogP contribution in [0.25, 0.3) is 0 Å². The summed E-state index contributed by atoms with van der Waals surface area (Å²) in [7, 11) is 0. The van der Waals surface area contributed by atoms with Gasteiger partial charge in [0, 0.05) is 32.1 Å². The van der Waals surface area contributed by atoms with Gasteiger partial charge in [0.05, 0.1) is 0 Å². The molecule has 2 fully saturated rings. The Labute approximate surface area is 127 Å². The fourth-order valence-electron chi connectivity index (χ4n) is 3.15. The molecule has 0 bridgehead atoms. The average molecular weight is 286 g/mol. The number of rotatable bonds is 5. The maximum Gasteiger partial charge on any atom is 0.225 e. The Morgan fingerprint density at radius 1 is 1.19 bits per heavy atom. The summed E-state index contributed by atoms with van der Waals surface area (Å²) in [6, 6.07) is 8.80. The molecule has 3 heteroatoms. The second kappa shape index (κ2) is 6.61. The molecule has 1 aliphatic carbocycles. The fourth-order valence-corrected chi connectivity index (χ4v) is 3.15. The lowest BCUT2D eigenvalue weighted by Crippen LogP contribution is -2.49. The van der Waals surface area contributed by atoms with E-state index in [1.165, 1.54) is 17.5 Å². The summed E-state index contributed by atoms with van der Waals surface area (Å²) in [6.45, 7) is 7.26. The molecular formula is C18H26N2O. The standard InChI is InChI=1S/C18H26N2O/c1-15-4-2-5-16(14-15)6-3-9-19-10-12-20(13-11-19)18(21)17-7-8-17/h2,4-5,14,17H,3,6-13H2,1H3. The Kier molecular flexibility index (Phi) is 4.59. The van der Waals surface area contributed by atoms with Crippen molar-refractivity contribution in [2.24, 2.45) is 5.92 Å². The van der Waals surface area contributed by atoms with Crippen molar-refractivity contribution in [3.63, 3.8) is 0 Å². The lowest BCUT2D eigenvalue weighted by atomic mass is 10.1. The van der Waals surface area contributed by atoms with Crippen molar-refractivity contribution in [3.05, 3.63) is 35.4 Å². The molecule has 2 aliphatic rings. The van der Waals surface area contributed by atoms with Crippen molar-refractivity contribution in [3.8, 4) is 0 Å². The van der Waals surface area contributed by atoms with Crippen LogP contribution in [0.4, 0.5) is 0 Å². The number of piperazine rings is 1. The van der Waals surface area contributed by atoms with Crippen molar-refractivity contribution in [1.82, 2.24) is 9.80 Å². The normalized spacial score (nSPS) is 19.8. The molecule has 0 unspecified atom stereocenters. The molecule has 0 spiro atoms. The number of carbonyl (C=O) groups excluding carboxylic acids is 1. The Hall–Kier alpha value is -1.35. The maximum absolute atomic E-state index is 12.0. The van der Waals surface area contributed by atoms with E-state index in [2.05, 4.69) is 41.0 Å². The third kappa shape index (κ3) is 4.07. The molecule has 0 radical (unpaired) electrons. The minimum Gasteiger partial charge on any atom is -0.340 e. The van der Waals surface area contributed by atoms with Gasteiger partial charge >= 0.3 is 0 Å². The summed E-state index contributed by atoms with van der Waals surface area (Å²) in [5, 5.41) is 0. The van der Waals surface area contributed by atoms with Gasteiger partial charge in [0.15, 0.2) is 0 Å². The molecule has 0 aromatic heterocycles. The molecule has 0 atom stereocenters. The highest BCUT2D eigenvalue weighted by Crippen LogP contribution is 2.31. The molecule has 1 aromatic carbocycles. The molecule has 1 heterocycles. The molecule has 3 rings (SSSR count). The van der Waals surface area contributed by atoms with E-state index in [4.69, 9.17) is 0 Å². The number of amides is 1. The van der Waals surface area contributed by atoms with E-state index in [1.54, 1.807) is 0 Å². The monoisotopic (exact) mass is 286 g/mol. The van der Waals surface area contributed by atoms with E-state index in [0.29, 0.717) is 11.8 Å². The quantitative estimate of drug-likeness (QED) is 0.830. The van der Waals surface area contributed by atoms with Crippen LogP contribution in [0.1, 0.15) is 30.4 Å². The molecule has 1 saturated heterocycles. The van der Waals surface area contributed by atoms with Crippen molar-refractivity contribution in [2.45, 2.75) is 32.6 Å². The molecule has 1 amide bonds. The Morgan fingerprint density at radius 2 is 1.95 bits per heavy atom. The van der Waals surface area contributed by atoms with Crippen LogP contribution in [0.2, 0.25) is 0 Å². The van der Waals surface area contributed by atoms with Crippen LogP contribution in [-0.4, -0.2) is 48.4 Å².